The number of hydrogen-bond acceptors (Lipinski definition) is 3. The lowest BCUT2D eigenvalue weighted by atomic mass is 10.1. The molecule has 0 saturated heterocycles. The third-order valence-corrected chi connectivity index (χ3v) is 3.86. The fraction of sp³-hybridized carbons (Fsp3) is 0.353. The molecule has 0 atom stereocenters. The van der Waals surface area contributed by atoms with Crippen molar-refractivity contribution in [3.05, 3.63) is 61.7 Å². The number of nitrogens with zero attached hydrogens (tertiary/aromatic N) is 2. The second-order valence-corrected chi connectivity index (χ2v) is 6.24. The largest absolute Gasteiger partial charge is 0.419 e. The van der Waals surface area contributed by atoms with E-state index in [0.717, 1.165) is 10.7 Å². The van der Waals surface area contributed by atoms with Gasteiger partial charge in [-0.2, -0.15) is 18.3 Å². The summed E-state index contributed by atoms with van der Waals surface area (Å²) in [4.78, 5) is 27.4. The van der Waals surface area contributed by atoms with Crippen LogP contribution in [0.15, 0.2) is 27.8 Å². The monoisotopic (exact) mass is 402 g/mol. The molecule has 0 bridgehead atoms. The number of aromatic nitrogens is 4. The Kier molecular flexibility index (Phi) is 5.34. The average Bonchev–Trinajstić information content (AvgIpc) is 3.43. The van der Waals surface area contributed by atoms with Gasteiger partial charge >= 0.3 is 11.9 Å². The third-order valence-electron chi connectivity index (χ3n) is 3.86. The summed E-state index contributed by atoms with van der Waals surface area (Å²) in [6, 6.07) is 2.26. The van der Waals surface area contributed by atoms with Gasteiger partial charge in [0.05, 0.1) is 12.1 Å². The lowest BCUT2D eigenvalue weighted by Gasteiger charge is -2.09. The van der Waals surface area contributed by atoms with E-state index in [0.29, 0.717) is 12.1 Å². The number of hydrogen-bond donors (Lipinski definition) is 2. The van der Waals surface area contributed by atoms with Crippen molar-refractivity contribution in [1.29, 1.82) is 0 Å². The molecule has 1 aliphatic rings. The van der Waals surface area contributed by atoms with Gasteiger partial charge in [-0.05, 0) is 17.7 Å². The fourth-order valence-corrected chi connectivity index (χ4v) is 2.45. The predicted octanol–water partition coefficient (Wildman–Crippen LogP) is 3.26. The second-order valence-electron chi connectivity index (χ2n) is 6.24. The number of fused-ring (bicyclic) bond motifs is 1. The summed E-state index contributed by atoms with van der Waals surface area (Å²) < 4.78 is 65.4. The van der Waals surface area contributed by atoms with E-state index in [4.69, 9.17) is 0 Å². The smallest absolute Gasteiger partial charge is 0.292 e. The van der Waals surface area contributed by atoms with E-state index in [2.05, 4.69) is 10.1 Å². The molecule has 3 aromatic rings. The zero-order valence-corrected chi connectivity index (χ0v) is 14.4. The lowest BCUT2D eigenvalue weighted by Crippen LogP contribution is -2.22. The first-order valence-electron chi connectivity index (χ1n) is 8.34. The summed E-state index contributed by atoms with van der Waals surface area (Å²) in [5.41, 5.74) is -3.40. The summed E-state index contributed by atoms with van der Waals surface area (Å²) in [6.07, 6.45) is -0.332. The standard InChI is InChI=1S/C14H9F5N4O2.C3H6/c15-4-9-10-11(20-13(25)21-12(10)24)23(22-9)5-6-1-2-7(8(16)3-6)14(17,18)19;1-2-3-1/h1-3H,4-5H2,(H2,20,21,24,25);1-3H2. The van der Waals surface area contributed by atoms with Crippen LogP contribution in [0.2, 0.25) is 0 Å². The van der Waals surface area contributed by atoms with Crippen molar-refractivity contribution in [2.75, 3.05) is 0 Å². The van der Waals surface area contributed by atoms with E-state index in [1.807, 2.05) is 4.98 Å². The van der Waals surface area contributed by atoms with Crippen molar-refractivity contribution in [2.24, 2.45) is 0 Å². The zero-order chi connectivity index (χ0) is 20.5. The normalized spacial score (nSPS) is 13.3. The molecule has 28 heavy (non-hydrogen) atoms. The number of H-pyrrole nitrogens is 2. The summed E-state index contributed by atoms with van der Waals surface area (Å²) >= 11 is 0. The summed E-state index contributed by atoms with van der Waals surface area (Å²) in [6.45, 7) is -1.37. The topological polar surface area (TPSA) is 83.5 Å². The van der Waals surface area contributed by atoms with Crippen molar-refractivity contribution in [2.45, 2.75) is 38.7 Å². The van der Waals surface area contributed by atoms with Crippen LogP contribution in [0.3, 0.4) is 0 Å². The van der Waals surface area contributed by atoms with Crippen LogP contribution in [0, 0.1) is 5.82 Å². The SMILES string of the molecule is C1CC1.O=c1[nH]c(=O)c2c(CF)nn(Cc3ccc(C(F)(F)F)c(F)c3)c2[nH]1. The minimum atomic E-state index is -4.83. The first-order chi connectivity index (χ1) is 13.2. The molecule has 2 N–H and O–H groups in total. The molecular formula is C17H15F5N4O2. The number of nitrogens with one attached hydrogen (secondary N) is 2. The number of rotatable bonds is 3. The first-order valence-corrected chi connectivity index (χ1v) is 8.34. The van der Waals surface area contributed by atoms with Gasteiger partial charge in [0.15, 0.2) is 0 Å². The maximum Gasteiger partial charge on any atom is 0.419 e. The van der Waals surface area contributed by atoms with Crippen LogP contribution >= 0.6 is 0 Å². The first kappa shape index (κ1) is 19.8. The maximum atomic E-state index is 13.6. The molecule has 0 amide bonds. The molecule has 0 aliphatic heterocycles. The van der Waals surface area contributed by atoms with Crippen LogP contribution in [0.4, 0.5) is 22.0 Å². The molecule has 0 spiro atoms. The third kappa shape index (κ3) is 4.29. The van der Waals surface area contributed by atoms with E-state index >= 15 is 0 Å². The summed E-state index contributed by atoms with van der Waals surface area (Å²) in [5, 5.41) is 3.63. The molecule has 1 aliphatic carbocycles. The van der Waals surface area contributed by atoms with Crippen molar-refractivity contribution in [1.82, 2.24) is 19.7 Å². The van der Waals surface area contributed by atoms with Gasteiger partial charge < -0.3 is 0 Å². The number of aromatic amines is 2. The van der Waals surface area contributed by atoms with Crippen molar-refractivity contribution >= 4 is 11.0 Å². The predicted molar refractivity (Wildman–Crippen MR) is 90.1 cm³/mol. The van der Waals surface area contributed by atoms with Gasteiger partial charge in [0, 0.05) is 0 Å². The van der Waals surface area contributed by atoms with Crippen molar-refractivity contribution < 1.29 is 22.0 Å². The van der Waals surface area contributed by atoms with Gasteiger partial charge in [-0.1, -0.05) is 25.3 Å². The molecule has 1 saturated carbocycles. The Morgan fingerprint density at radius 3 is 2.32 bits per heavy atom. The summed E-state index contributed by atoms with van der Waals surface area (Å²) in [5.74, 6) is -1.47. The molecule has 4 rings (SSSR count). The zero-order valence-electron chi connectivity index (χ0n) is 14.4. The maximum absolute atomic E-state index is 13.6. The highest BCUT2D eigenvalue weighted by atomic mass is 19.4. The molecule has 2 heterocycles. The molecular weight excluding hydrogens is 387 g/mol. The highest BCUT2D eigenvalue weighted by Crippen LogP contribution is 2.31. The number of halogens is 5. The Labute approximate surface area is 154 Å². The Hall–Kier alpha value is -2.98. The molecule has 2 aromatic heterocycles. The fourth-order valence-electron chi connectivity index (χ4n) is 2.45. The van der Waals surface area contributed by atoms with Gasteiger partial charge in [0.1, 0.15) is 29.2 Å². The molecule has 0 unspecified atom stereocenters. The highest BCUT2D eigenvalue weighted by Gasteiger charge is 2.33. The van der Waals surface area contributed by atoms with E-state index in [-0.39, 0.29) is 28.8 Å². The Balaban J connectivity index is 0.000000684. The van der Waals surface area contributed by atoms with E-state index in [9.17, 15) is 31.5 Å². The summed E-state index contributed by atoms with van der Waals surface area (Å²) in [7, 11) is 0. The van der Waals surface area contributed by atoms with Gasteiger partial charge in [-0.25, -0.2) is 18.3 Å². The van der Waals surface area contributed by atoms with Crippen molar-refractivity contribution in [3.63, 3.8) is 0 Å². The average molecular weight is 402 g/mol. The van der Waals surface area contributed by atoms with Crippen LogP contribution in [0.5, 0.6) is 0 Å². The number of benzene rings is 1. The van der Waals surface area contributed by atoms with Gasteiger partial charge in [-0.15, -0.1) is 0 Å². The van der Waals surface area contributed by atoms with Gasteiger partial charge in [-0.3, -0.25) is 14.8 Å². The lowest BCUT2D eigenvalue weighted by molar-refractivity contribution is -0.140. The van der Waals surface area contributed by atoms with E-state index in [1.54, 1.807) is 0 Å². The van der Waals surface area contributed by atoms with Crippen LogP contribution < -0.4 is 11.2 Å². The van der Waals surface area contributed by atoms with Crippen LogP contribution in [-0.4, -0.2) is 19.7 Å². The quantitative estimate of drug-likeness (QED) is 0.660. The minimum Gasteiger partial charge on any atom is -0.292 e. The Morgan fingerprint density at radius 2 is 1.79 bits per heavy atom. The van der Waals surface area contributed by atoms with Crippen LogP contribution in [0.1, 0.15) is 36.1 Å². The van der Waals surface area contributed by atoms with Gasteiger partial charge in [0.25, 0.3) is 5.56 Å². The van der Waals surface area contributed by atoms with E-state index in [1.165, 1.54) is 19.3 Å². The minimum absolute atomic E-state index is 0.0847. The molecule has 1 aromatic carbocycles. The van der Waals surface area contributed by atoms with Gasteiger partial charge in [0.2, 0.25) is 0 Å². The molecule has 150 valence electrons. The van der Waals surface area contributed by atoms with Crippen LogP contribution in [0.25, 0.3) is 11.0 Å². The number of alkyl halides is 4. The Bertz CT molecular complexity index is 1110. The second kappa shape index (κ2) is 7.56. The molecule has 6 nitrogen and oxygen atoms in total. The Morgan fingerprint density at radius 1 is 1.11 bits per heavy atom. The van der Waals surface area contributed by atoms with Crippen molar-refractivity contribution in [3.8, 4) is 0 Å². The highest BCUT2D eigenvalue weighted by molar-refractivity contribution is 5.76. The molecule has 1 fully saturated rings. The van der Waals surface area contributed by atoms with E-state index < -0.39 is 35.5 Å². The molecule has 11 heteroatoms. The van der Waals surface area contributed by atoms with Crippen LogP contribution in [-0.2, 0) is 19.4 Å². The molecule has 0 radical (unpaired) electrons.